The van der Waals surface area contributed by atoms with Crippen molar-refractivity contribution in [1.82, 2.24) is 19.1 Å². The second kappa shape index (κ2) is 15.5. The maximum atomic E-state index is 5.09. The molecule has 308 valence electrons. The molecule has 12 rings (SSSR count). The third kappa shape index (κ3) is 6.70. The van der Waals surface area contributed by atoms with Gasteiger partial charge in [0.15, 0.2) is 5.82 Å². The van der Waals surface area contributed by atoms with Gasteiger partial charge in [0.2, 0.25) is 0 Å². The van der Waals surface area contributed by atoms with E-state index < -0.39 is 0 Å². The highest BCUT2D eigenvalue weighted by Crippen LogP contribution is 2.38. The van der Waals surface area contributed by atoms with Gasteiger partial charge in [0, 0.05) is 49.6 Å². The molecule has 12 aromatic rings. The van der Waals surface area contributed by atoms with Crippen molar-refractivity contribution in [2.45, 2.75) is 20.8 Å². The predicted octanol–water partition coefficient (Wildman–Crippen LogP) is 15.9. The van der Waals surface area contributed by atoms with Crippen LogP contribution in [0.4, 0.5) is 0 Å². The molecule has 0 aliphatic heterocycles. The van der Waals surface area contributed by atoms with Crippen molar-refractivity contribution in [3.8, 4) is 67.5 Å². The highest BCUT2D eigenvalue weighted by Gasteiger charge is 2.18. The molecule has 0 aliphatic rings. The molecule has 4 heteroatoms. The molecule has 0 saturated heterocycles. The zero-order valence-electron chi connectivity index (χ0n) is 36.5. The minimum Gasteiger partial charge on any atom is -0.309 e. The normalized spacial score (nSPS) is 11.6. The highest BCUT2D eigenvalue weighted by molar-refractivity contribution is 6.12. The minimum atomic E-state index is 0.728. The molecule has 4 nitrogen and oxygen atoms in total. The molecule has 3 aromatic heterocycles. The van der Waals surface area contributed by atoms with Crippen molar-refractivity contribution in [3.05, 3.63) is 229 Å². The number of aryl methyl sites for hydroxylation is 3. The average molecular weight is 833 g/mol. The standard InChI is InChI=1S/C61H44N4/c1-39-12-10-14-47(34-39)55-38-54(62-61(63-55)48-15-11-13-40(2)35-48)45-28-26-43(27-29-45)42-22-24-44(25-23-42)46-30-32-56(41(3)36-46)65-59-21-9-6-18-52(59)53-37-49(31-33-60(53)65)64-57-19-7-4-16-50(57)51-17-5-8-20-58(51)64/h4-38H,1-3H3. The lowest BCUT2D eigenvalue weighted by atomic mass is 9.97. The summed E-state index contributed by atoms with van der Waals surface area (Å²) in [4.78, 5) is 10.1. The molecule has 0 bridgehead atoms. The van der Waals surface area contributed by atoms with Crippen LogP contribution < -0.4 is 0 Å². The number of hydrogen-bond acceptors (Lipinski definition) is 2. The average Bonchev–Trinajstić information content (AvgIpc) is 3.86. The molecule has 3 heterocycles. The lowest BCUT2D eigenvalue weighted by molar-refractivity contribution is 1.14. The minimum absolute atomic E-state index is 0.728. The van der Waals surface area contributed by atoms with Gasteiger partial charge in [0.05, 0.1) is 33.5 Å². The molecule has 0 unspecified atom stereocenters. The molecule has 0 N–H and O–H groups in total. The molecule has 0 saturated carbocycles. The summed E-state index contributed by atoms with van der Waals surface area (Å²) in [5.41, 5.74) is 20.5. The van der Waals surface area contributed by atoms with Crippen molar-refractivity contribution >= 4 is 43.6 Å². The summed E-state index contributed by atoms with van der Waals surface area (Å²) in [5, 5.41) is 5.02. The summed E-state index contributed by atoms with van der Waals surface area (Å²) < 4.78 is 4.83. The smallest absolute Gasteiger partial charge is 0.160 e. The van der Waals surface area contributed by atoms with Gasteiger partial charge in [-0.15, -0.1) is 0 Å². The Morgan fingerprint density at radius 3 is 1.38 bits per heavy atom. The van der Waals surface area contributed by atoms with Gasteiger partial charge in [0.25, 0.3) is 0 Å². The van der Waals surface area contributed by atoms with E-state index in [-0.39, 0.29) is 0 Å². The quantitative estimate of drug-likeness (QED) is 0.160. The summed E-state index contributed by atoms with van der Waals surface area (Å²) in [7, 11) is 0. The Bertz CT molecular complexity index is 3680. The van der Waals surface area contributed by atoms with E-state index in [2.05, 4.69) is 242 Å². The number of aromatic nitrogens is 4. The Kier molecular flexibility index (Phi) is 9.13. The van der Waals surface area contributed by atoms with Crippen molar-refractivity contribution < 1.29 is 0 Å². The maximum Gasteiger partial charge on any atom is 0.160 e. The fourth-order valence-electron chi connectivity index (χ4n) is 9.80. The first-order valence-corrected chi connectivity index (χ1v) is 22.3. The predicted molar refractivity (Wildman–Crippen MR) is 272 cm³/mol. The van der Waals surface area contributed by atoms with Gasteiger partial charge in [0.1, 0.15) is 0 Å². The van der Waals surface area contributed by atoms with Crippen LogP contribution in [0, 0.1) is 20.8 Å². The SMILES string of the molecule is Cc1cccc(-c2cc(-c3ccc(-c4ccc(-c5ccc(-n6c7ccccc7c7cc(-n8c9ccccc9c9ccccc98)ccc76)c(C)c5)cc4)cc3)nc(-c3cccc(C)c3)n2)c1. The van der Waals surface area contributed by atoms with Gasteiger partial charge in [-0.1, -0.05) is 157 Å². The van der Waals surface area contributed by atoms with Gasteiger partial charge < -0.3 is 9.13 Å². The first-order chi connectivity index (χ1) is 31.9. The summed E-state index contributed by atoms with van der Waals surface area (Å²) >= 11 is 0. The third-order valence-corrected chi connectivity index (χ3v) is 13.0. The van der Waals surface area contributed by atoms with Gasteiger partial charge in [-0.05, 0) is 115 Å². The van der Waals surface area contributed by atoms with Crippen LogP contribution in [0.15, 0.2) is 212 Å². The number of hydrogen-bond donors (Lipinski definition) is 0. The van der Waals surface area contributed by atoms with Crippen LogP contribution in [-0.4, -0.2) is 19.1 Å². The van der Waals surface area contributed by atoms with E-state index in [1.807, 2.05) is 0 Å². The maximum absolute atomic E-state index is 5.09. The van der Waals surface area contributed by atoms with Gasteiger partial charge in [-0.25, -0.2) is 9.97 Å². The number of fused-ring (bicyclic) bond motifs is 6. The zero-order chi connectivity index (χ0) is 43.6. The summed E-state index contributed by atoms with van der Waals surface area (Å²) in [6, 6.07) is 76.7. The van der Waals surface area contributed by atoms with Gasteiger partial charge >= 0.3 is 0 Å². The van der Waals surface area contributed by atoms with E-state index in [1.54, 1.807) is 0 Å². The fraction of sp³-hybridized carbons (Fsp3) is 0.0492. The van der Waals surface area contributed by atoms with E-state index in [0.29, 0.717) is 0 Å². The zero-order valence-corrected chi connectivity index (χ0v) is 36.5. The summed E-state index contributed by atoms with van der Waals surface area (Å²) in [6.45, 7) is 6.45. The second-order valence-electron chi connectivity index (χ2n) is 17.3. The van der Waals surface area contributed by atoms with Gasteiger partial charge in [-0.3, -0.25) is 0 Å². The number of rotatable bonds is 7. The van der Waals surface area contributed by atoms with Crippen LogP contribution in [0.3, 0.4) is 0 Å². The van der Waals surface area contributed by atoms with E-state index >= 15 is 0 Å². The van der Waals surface area contributed by atoms with Crippen molar-refractivity contribution in [2.24, 2.45) is 0 Å². The Labute approximate surface area is 378 Å². The molecule has 9 aromatic carbocycles. The van der Waals surface area contributed by atoms with Crippen LogP contribution in [0.5, 0.6) is 0 Å². The number of para-hydroxylation sites is 3. The van der Waals surface area contributed by atoms with Crippen LogP contribution in [0.2, 0.25) is 0 Å². The summed E-state index contributed by atoms with van der Waals surface area (Å²) in [5.74, 6) is 0.728. The molecule has 0 amide bonds. The first kappa shape index (κ1) is 38.3. The lowest BCUT2D eigenvalue weighted by Gasteiger charge is -2.14. The third-order valence-electron chi connectivity index (χ3n) is 13.0. The lowest BCUT2D eigenvalue weighted by Crippen LogP contribution is -1.98. The van der Waals surface area contributed by atoms with Crippen LogP contribution in [0.25, 0.3) is 111 Å². The van der Waals surface area contributed by atoms with Crippen molar-refractivity contribution in [1.29, 1.82) is 0 Å². The molecule has 0 spiro atoms. The van der Waals surface area contributed by atoms with E-state index in [9.17, 15) is 0 Å². The molecular weight excluding hydrogens is 789 g/mol. The van der Waals surface area contributed by atoms with Crippen LogP contribution >= 0.6 is 0 Å². The highest BCUT2D eigenvalue weighted by atomic mass is 15.0. The Morgan fingerprint density at radius 1 is 0.308 bits per heavy atom. The number of nitrogens with zero attached hydrogens (tertiary/aromatic N) is 4. The second-order valence-corrected chi connectivity index (χ2v) is 17.3. The topological polar surface area (TPSA) is 35.6 Å². The number of benzene rings is 9. The Morgan fingerprint density at radius 2 is 0.785 bits per heavy atom. The van der Waals surface area contributed by atoms with Crippen LogP contribution in [-0.2, 0) is 0 Å². The Hall–Kier alpha value is -8.34. The fourth-order valence-corrected chi connectivity index (χ4v) is 9.80. The molecule has 0 radical (unpaired) electrons. The van der Waals surface area contributed by atoms with Crippen molar-refractivity contribution in [2.75, 3.05) is 0 Å². The van der Waals surface area contributed by atoms with E-state index in [0.717, 1.165) is 45.2 Å². The molecule has 0 fully saturated rings. The van der Waals surface area contributed by atoms with E-state index in [4.69, 9.17) is 9.97 Å². The molecule has 65 heavy (non-hydrogen) atoms. The van der Waals surface area contributed by atoms with E-state index in [1.165, 1.54) is 82.7 Å². The Balaban J connectivity index is 0.850. The van der Waals surface area contributed by atoms with Gasteiger partial charge in [-0.2, -0.15) is 0 Å². The summed E-state index contributed by atoms with van der Waals surface area (Å²) in [6.07, 6.45) is 0. The molecule has 0 atom stereocenters. The first-order valence-electron chi connectivity index (χ1n) is 22.3. The van der Waals surface area contributed by atoms with Crippen molar-refractivity contribution in [3.63, 3.8) is 0 Å². The monoisotopic (exact) mass is 832 g/mol. The molecule has 0 aliphatic carbocycles. The molecular formula is C61H44N4. The van der Waals surface area contributed by atoms with Crippen LogP contribution in [0.1, 0.15) is 16.7 Å². The largest absolute Gasteiger partial charge is 0.309 e.